The quantitative estimate of drug-likeness (QED) is 0.356. The predicted octanol–water partition coefficient (Wildman–Crippen LogP) is 3.84. The molecule has 0 atom stereocenters. The number of benzene rings is 2. The van der Waals surface area contributed by atoms with Crippen LogP contribution < -0.4 is 5.43 Å². The Morgan fingerprint density at radius 2 is 1.96 bits per heavy atom. The van der Waals surface area contributed by atoms with E-state index in [4.69, 9.17) is 12.2 Å². The van der Waals surface area contributed by atoms with Crippen LogP contribution in [0.2, 0.25) is 0 Å². The van der Waals surface area contributed by atoms with Crippen LogP contribution in [-0.2, 0) is 4.79 Å². The van der Waals surface area contributed by atoms with Gasteiger partial charge >= 0.3 is 0 Å². The van der Waals surface area contributed by atoms with Crippen LogP contribution in [0.4, 0.5) is 11.4 Å². The third-order valence-corrected chi connectivity index (χ3v) is 4.90. The molecule has 2 aromatic carbocycles. The third kappa shape index (κ3) is 3.68. The van der Waals surface area contributed by atoms with E-state index in [1.165, 1.54) is 29.3 Å². The van der Waals surface area contributed by atoms with Gasteiger partial charge in [0.2, 0.25) is 0 Å². The van der Waals surface area contributed by atoms with Crippen molar-refractivity contribution in [3.63, 3.8) is 0 Å². The van der Waals surface area contributed by atoms with E-state index in [1.807, 2.05) is 31.2 Å². The number of hydrogen-bond donors (Lipinski definition) is 2. The molecule has 9 heteroatoms. The number of aryl methyl sites for hydroxylation is 1. The molecule has 3 rings (SSSR count). The molecule has 0 aromatic heterocycles. The van der Waals surface area contributed by atoms with Gasteiger partial charge in [-0.2, -0.15) is 0 Å². The van der Waals surface area contributed by atoms with Crippen molar-refractivity contribution < 1.29 is 14.8 Å². The lowest BCUT2D eigenvalue weighted by molar-refractivity contribution is -0.384. The van der Waals surface area contributed by atoms with E-state index >= 15 is 0 Å². The number of nitrogens with zero attached hydrogens (tertiary/aromatic N) is 2. The zero-order chi connectivity index (χ0) is 18.8. The molecule has 0 radical (unpaired) electrons. The molecule has 0 saturated carbocycles. The minimum Gasteiger partial charge on any atom is -0.507 e. The molecule has 1 fully saturated rings. The number of aromatic hydroxyl groups is 1. The first-order valence-corrected chi connectivity index (χ1v) is 8.66. The maximum atomic E-state index is 12.6. The molecule has 0 aliphatic carbocycles. The molecular formula is C17H13N3O4S2. The number of nitrogens with one attached hydrogen (secondary N) is 1. The van der Waals surface area contributed by atoms with E-state index < -0.39 is 10.8 Å². The van der Waals surface area contributed by atoms with E-state index in [9.17, 15) is 20.0 Å². The predicted molar refractivity (Wildman–Crippen MR) is 105 cm³/mol. The highest BCUT2D eigenvalue weighted by Crippen LogP contribution is 2.35. The number of thioether (sulfide) groups is 1. The largest absolute Gasteiger partial charge is 0.507 e. The van der Waals surface area contributed by atoms with Gasteiger partial charge in [-0.1, -0.05) is 29.5 Å². The SMILES string of the molecule is Cc1ccc(NN2C(=O)/C(=C\c3cc([N+](=O)[O-])ccc3O)SC2=S)cc1. The Morgan fingerprint density at radius 1 is 1.27 bits per heavy atom. The van der Waals surface area contributed by atoms with Crippen LogP contribution in [0.15, 0.2) is 47.4 Å². The van der Waals surface area contributed by atoms with Crippen LogP contribution in [0, 0.1) is 17.0 Å². The number of carbonyl (C=O) groups is 1. The fraction of sp³-hybridized carbons (Fsp3) is 0.0588. The number of phenols is 1. The number of non-ortho nitro benzene ring substituents is 1. The van der Waals surface area contributed by atoms with Crippen LogP contribution in [0.1, 0.15) is 11.1 Å². The Kier molecular flexibility index (Phi) is 4.92. The number of nitro benzene ring substituents is 1. The van der Waals surface area contributed by atoms with Crippen LogP contribution in [0.5, 0.6) is 5.75 Å². The molecule has 0 bridgehead atoms. The molecule has 1 amide bonds. The summed E-state index contributed by atoms with van der Waals surface area (Å²) in [7, 11) is 0. The number of anilines is 1. The van der Waals surface area contributed by atoms with Crippen molar-refractivity contribution in [1.82, 2.24) is 5.01 Å². The summed E-state index contributed by atoms with van der Waals surface area (Å²) in [5.74, 6) is -0.557. The fourth-order valence-corrected chi connectivity index (χ4v) is 3.40. The third-order valence-electron chi connectivity index (χ3n) is 3.59. The number of phenolic OH excluding ortho intramolecular Hbond substituents is 1. The molecule has 132 valence electrons. The molecule has 26 heavy (non-hydrogen) atoms. The Labute approximate surface area is 158 Å². The van der Waals surface area contributed by atoms with Crippen LogP contribution in [0.25, 0.3) is 6.08 Å². The molecule has 1 aliphatic rings. The molecule has 1 heterocycles. The van der Waals surface area contributed by atoms with Crippen molar-refractivity contribution in [3.05, 3.63) is 68.6 Å². The summed E-state index contributed by atoms with van der Waals surface area (Å²) in [6.45, 7) is 1.96. The topological polar surface area (TPSA) is 95.7 Å². The van der Waals surface area contributed by atoms with Gasteiger partial charge in [0.15, 0.2) is 4.32 Å². The number of hydrazine groups is 1. The molecule has 0 spiro atoms. The highest BCUT2D eigenvalue weighted by atomic mass is 32.2. The average molecular weight is 387 g/mol. The number of nitro groups is 1. The fourth-order valence-electron chi connectivity index (χ4n) is 2.23. The van der Waals surface area contributed by atoms with Crippen molar-refractivity contribution in [2.75, 3.05) is 5.43 Å². The van der Waals surface area contributed by atoms with Gasteiger partial charge < -0.3 is 5.11 Å². The molecule has 2 N–H and O–H groups in total. The lowest BCUT2D eigenvalue weighted by atomic mass is 10.1. The lowest BCUT2D eigenvalue weighted by Gasteiger charge is -2.17. The maximum absolute atomic E-state index is 12.6. The van der Waals surface area contributed by atoms with Gasteiger partial charge in [-0.15, -0.1) is 0 Å². The van der Waals surface area contributed by atoms with Gasteiger partial charge in [-0.05, 0) is 43.4 Å². The second-order valence-corrected chi connectivity index (χ2v) is 7.17. The zero-order valence-corrected chi connectivity index (χ0v) is 15.1. The monoisotopic (exact) mass is 387 g/mol. The van der Waals surface area contributed by atoms with E-state index in [1.54, 1.807) is 0 Å². The number of rotatable bonds is 4. The Balaban J connectivity index is 1.86. The van der Waals surface area contributed by atoms with Crippen molar-refractivity contribution >= 4 is 51.7 Å². The number of hydrogen-bond acceptors (Lipinski definition) is 7. The van der Waals surface area contributed by atoms with E-state index in [0.717, 1.165) is 17.3 Å². The highest BCUT2D eigenvalue weighted by molar-refractivity contribution is 8.26. The summed E-state index contributed by atoms with van der Waals surface area (Å²) in [6, 6.07) is 11.1. The molecule has 1 saturated heterocycles. The normalized spacial score (nSPS) is 15.6. The Bertz CT molecular complexity index is 942. The van der Waals surface area contributed by atoms with Gasteiger partial charge in [0.05, 0.1) is 15.5 Å². The number of thiocarbonyl (C=S) groups is 1. The van der Waals surface area contributed by atoms with E-state index in [0.29, 0.717) is 10.0 Å². The molecule has 0 unspecified atom stereocenters. The highest BCUT2D eigenvalue weighted by Gasteiger charge is 2.32. The minimum absolute atomic E-state index is 0.160. The summed E-state index contributed by atoms with van der Waals surface area (Å²) in [5, 5.41) is 22.0. The first-order chi connectivity index (χ1) is 12.3. The molecular weight excluding hydrogens is 374 g/mol. The summed E-state index contributed by atoms with van der Waals surface area (Å²) in [5.41, 5.74) is 4.72. The van der Waals surface area contributed by atoms with Crippen LogP contribution >= 0.6 is 24.0 Å². The second kappa shape index (κ2) is 7.14. The average Bonchev–Trinajstić information content (AvgIpc) is 2.86. The zero-order valence-electron chi connectivity index (χ0n) is 13.5. The van der Waals surface area contributed by atoms with Crippen LogP contribution in [0.3, 0.4) is 0 Å². The summed E-state index contributed by atoms with van der Waals surface area (Å²) >= 11 is 6.28. The van der Waals surface area contributed by atoms with Crippen molar-refractivity contribution in [1.29, 1.82) is 0 Å². The summed E-state index contributed by atoms with van der Waals surface area (Å²) < 4.78 is 0.298. The van der Waals surface area contributed by atoms with Gasteiger partial charge in [-0.25, -0.2) is 5.01 Å². The maximum Gasteiger partial charge on any atom is 0.285 e. The smallest absolute Gasteiger partial charge is 0.285 e. The van der Waals surface area contributed by atoms with Gasteiger partial charge in [-0.3, -0.25) is 20.3 Å². The van der Waals surface area contributed by atoms with Gasteiger partial charge in [0, 0.05) is 17.7 Å². The standard InChI is InChI=1S/C17H13N3O4S2/c1-10-2-4-12(5-3-10)18-19-16(22)15(26-17(19)25)9-11-8-13(20(23)24)6-7-14(11)21/h2-9,18,21H,1H3/b15-9+. The van der Waals surface area contributed by atoms with Crippen LogP contribution in [-0.4, -0.2) is 25.3 Å². The van der Waals surface area contributed by atoms with E-state index in [-0.39, 0.29) is 21.9 Å². The van der Waals surface area contributed by atoms with E-state index in [2.05, 4.69) is 5.43 Å². The molecule has 2 aromatic rings. The molecule has 7 nitrogen and oxygen atoms in total. The summed E-state index contributed by atoms with van der Waals surface area (Å²) in [6.07, 6.45) is 1.39. The summed E-state index contributed by atoms with van der Waals surface area (Å²) in [4.78, 5) is 23.2. The van der Waals surface area contributed by atoms with Crippen molar-refractivity contribution in [2.45, 2.75) is 6.92 Å². The first-order valence-electron chi connectivity index (χ1n) is 7.44. The van der Waals surface area contributed by atoms with Gasteiger partial charge in [0.1, 0.15) is 5.75 Å². The van der Waals surface area contributed by atoms with Gasteiger partial charge in [0.25, 0.3) is 11.6 Å². The minimum atomic E-state index is -0.569. The lowest BCUT2D eigenvalue weighted by Crippen LogP contribution is -2.33. The Hall–Kier alpha value is -2.91. The Morgan fingerprint density at radius 3 is 2.62 bits per heavy atom. The van der Waals surface area contributed by atoms with Crippen molar-refractivity contribution in [2.24, 2.45) is 0 Å². The molecule has 1 aliphatic heterocycles. The number of carbonyl (C=O) groups excluding carboxylic acids is 1. The number of amides is 1. The second-order valence-electron chi connectivity index (χ2n) is 5.50. The van der Waals surface area contributed by atoms with Crippen molar-refractivity contribution in [3.8, 4) is 5.75 Å². The first kappa shape index (κ1) is 17.9.